The molecule has 0 unspecified atom stereocenters. The number of fused-ring (bicyclic) bond motifs is 6. The Morgan fingerprint density at radius 3 is 1.94 bits per heavy atom. The quantitative estimate of drug-likeness (QED) is 0.0489. The summed E-state index contributed by atoms with van der Waals surface area (Å²) >= 11 is 0. The lowest BCUT2D eigenvalue weighted by atomic mass is 9.98. The Bertz CT molecular complexity index is 2700. The fourth-order valence-corrected chi connectivity index (χ4v) is 8.10. The number of rotatable bonds is 9. The first-order chi connectivity index (χ1) is 30.3. The Labute approximate surface area is 369 Å². The Hall–Kier alpha value is -6.98. The normalized spacial score (nSPS) is 12.9. The highest BCUT2D eigenvalue weighted by atomic mass is 28.3. The van der Waals surface area contributed by atoms with Crippen molar-refractivity contribution in [3.8, 4) is 34.3 Å². The van der Waals surface area contributed by atoms with Crippen LogP contribution < -0.4 is 4.57 Å². The first-order valence-corrected chi connectivity index (χ1v) is 27.9. The van der Waals surface area contributed by atoms with Gasteiger partial charge in [-0.15, -0.1) is 11.1 Å². The van der Waals surface area contributed by atoms with E-state index in [0.717, 1.165) is 56.2 Å². The van der Waals surface area contributed by atoms with E-state index in [-0.39, 0.29) is 45.2 Å². The highest BCUT2D eigenvalue weighted by Gasteiger charge is 2.32. The maximum atomic E-state index is 13.4. The van der Waals surface area contributed by atoms with E-state index in [2.05, 4.69) is 84.4 Å². The summed E-state index contributed by atoms with van der Waals surface area (Å²) in [5.74, 6) is 6.69. The van der Waals surface area contributed by atoms with Gasteiger partial charge in [0.25, 0.3) is 12.2 Å². The fraction of sp³-hybridized carbons (Fsp3) is 0.245. The molecule has 2 aliphatic heterocycles. The molecule has 0 saturated heterocycles. The van der Waals surface area contributed by atoms with Gasteiger partial charge in [-0.1, -0.05) is 112 Å². The van der Waals surface area contributed by atoms with Gasteiger partial charge in [0, 0.05) is 38.5 Å². The highest BCUT2D eigenvalue weighted by molar-refractivity contribution is 6.84. The zero-order valence-electron chi connectivity index (χ0n) is 36.3. The van der Waals surface area contributed by atoms with Crippen LogP contribution >= 0.6 is 0 Å². The molecule has 6 aromatic rings. The van der Waals surface area contributed by atoms with Crippen LogP contribution in [-0.4, -0.2) is 85.4 Å². The molecule has 4 heterocycles. The maximum absolute atomic E-state index is 13.4. The van der Waals surface area contributed by atoms with Crippen LogP contribution in [0.4, 0.5) is 4.79 Å². The van der Waals surface area contributed by atoms with Crippen molar-refractivity contribution in [1.29, 1.82) is 0 Å². The third kappa shape index (κ3) is 9.90. The van der Waals surface area contributed by atoms with Crippen LogP contribution in [0, 0.1) is 22.9 Å². The third-order valence-electron chi connectivity index (χ3n) is 10.00. The van der Waals surface area contributed by atoms with E-state index < -0.39 is 28.2 Å². The van der Waals surface area contributed by atoms with Gasteiger partial charge < -0.3 is 14.2 Å². The number of nitrogens with zero attached hydrogens (tertiary/aromatic N) is 7. The molecule has 8 rings (SSSR count). The van der Waals surface area contributed by atoms with Crippen molar-refractivity contribution in [1.82, 2.24) is 19.3 Å². The van der Waals surface area contributed by atoms with E-state index in [1.807, 2.05) is 94.1 Å². The zero-order chi connectivity index (χ0) is 44.1. The smallest absolute Gasteiger partial charge is 0.458 e. The molecule has 14 heteroatoms. The summed E-state index contributed by atoms with van der Waals surface area (Å²) < 4.78 is 21.8. The van der Waals surface area contributed by atoms with Gasteiger partial charge in [-0.25, -0.2) is 14.6 Å². The van der Waals surface area contributed by atoms with Crippen LogP contribution in [0.15, 0.2) is 120 Å². The molecular formula is C49H48N7O5Si2+. The molecule has 0 bridgehead atoms. The molecule has 0 amide bonds. The summed E-state index contributed by atoms with van der Waals surface area (Å²) in [6, 6.07) is 32.1. The molecule has 2 aliphatic rings. The third-order valence-corrected chi connectivity index (χ3v) is 11.7. The molecule has 0 fully saturated rings. The van der Waals surface area contributed by atoms with Gasteiger partial charge in [0.15, 0.2) is 5.69 Å². The van der Waals surface area contributed by atoms with Crippen molar-refractivity contribution in [2.45, 2.75) is 52.4 Å². The van der Waals surface area contributed by atoms with Crippen molar-refractivity contribution >= 4 is 39.6 Å². The number of benzene rings is 4. The van der Waals surface area contributed by atoms with E-state index in [1.165, 1.54) is 4.68 Å². The molecule has 0 saturated carbocycles. The molecule has 0 atom stereocenters. The molecule has 0 N–H and O–H groups in total. The first kappa shape index (κ1) is 42.7. The van der Waals surface area contributed by atoms with Crippen LogP contribution in [0.5, 0.6) is 0 Å². The Kier molecular flexibility index (Phi) is 12.3. The number of aromatic nitrogens is 5. The fourth-order valence-electron chi connectivity index (χ4n) is 7.06. The second-order valence-electron chi connectivity index (χ2n) is 17.1. The largest absolute Gasteiger partial charge is 0.513 e. The van der Waals surface area contributed by atoms with Gasteiger partial charge in [0.1, 0.15) is 47.9 Å². The number of carbonyl (C=O) groups is 2. The van der Waals surface area contributed by atoms with Crippen molar-refractivity contribution in [3.63, 3.8) is 0 Å². The predicted octanol–water partition coefficient (Wildman–Crippen LogP) is 7.36. The number of hydrogen-bond acceptors (Lipinski definition) is 9. The van der Waals surface area contributed by atoms with Crippen molar-refractivity contribution in [3.05, 3.63) is 160 Å². The number of ether oxygens (including phenoxy) is 3. The van der Waals surface area contributed by atoms with E-state index in [4.69, 9.17) is 24.2 Å². The summed E-state index contributed by atoms with van der Waals surface area (Å²) in [5.41, 5.74) is 16.5. The van der Waals surface area contributed by atoms with Crippen LogP contribution in [-0.2, 0) is 27.3 Å². The summed E-state index contributed by atoms with van der Waals surface area (Å²) in [6.45, 7) is 13.8. The summed E-state index contributed by atoms with van der Waals surface area (Å²) in [5, 5.41) is 4.38. The van der Waals surface area contributed by atoms with Gasteiger partial charge in [0.2, 0.25) is 0 Å². The lowest BCUT2D eigenvalue weighted by Gasteiger charge is -2.13. The molecule has 316 valence electrons. The Morgan fingerprint density at radius 1 is 0.698 bits per heavy atom. The van der Waals surface area contributed by atoms with E-state index in [9.17, 15) is 9.59 Å². The van der Waals surface area contributed by atoms with Crippen molar-refractivity contribution in [2.24, 2.45) is 9.98 Å². The lowest BCUT2D eigenvalue weighted by molar-refractivity contribution is -0.604. The van der Waals surface area contributed by atoms with E-state index >= 15 is 0 Å². The van der Waals surface area contributed by atoms with Gasteiger partial charge in [0.05, 0.1) is 42.6 Å². The molecule has 2 aromatic heterocycles. The SMILES string of the molecule is C[Si](C)(C)C#Cc1ccc2c(c1)C(c1ccccc1)=NCc1c(C(=O)OCCOCCOC(=O)n3nc[n+]4c3CN=C(c3ccccc3)c3cc(C#C[Si](C)(C)C)ccc3-4)ncn1-2. The predicted molar refractivity (Wildman–Crippen MR) is 247 cm³/mol. The molecule has 4 aromatic carbocycles. The molecule has 63 heavy (non-hydrogen) atoms. The van der Waals surface area contributed by atoms with Crippen LogP contribution in [0.2, 0.25) is 39.3 Å². The minimum atomic E-state index is -1.60. The van der Waals surface area contributed by atoms with Crippen LogP contribution in [0.3, 0.4) is 0 Å². The number of aliphatic imine (C=N–C) groups is 2. The molecular weight excluding hydrogens is 823 g/mol. The zero-order valence-corrected chi connectivity index (χ0v) is 38.3. The van der Waals surface area contributed by atoms with E-state index in [1.54, 1.807) is 12.7 Å². The summed E-state index contributed by atoms with van der Waals surface area (Å²) in [6.07, 6.45) is 2.58. The standard InChI is InChI=1S/C49H48N7O5Si2/c1-62(2,3)27-21-35-17-19-41-39(29-35)45(37-13-9-7-10-14-37)50-31-43-47(52-33-54(41)43)48(57)60-25-23-59-24-26-61-49(58)56-44-32-51-46(38-15-11-8-12-16-38)40-30-36(22-28-63(4,5)6)18-20-42(40)55(44)34-53-56/h7-20,29-30,33-34H,23-26,31-32H2,1-6H3/q+1. The molecule has 0 spiro atoms. The van der Waals surface area contributed by atoms with Crippen molar-refractivity contribution in [2.75, 3.05) is 26.4 Å². The average Bonchev–Trinajstić information content (AvgIpc) is 3.81. The second kappa shape index (κ2) is 18.2. The molecule has 0 radical (unpaired) electrons. The summed E-state index contributed by atoms with van der Waals surface area (Å²) in [4.78, 5) is 41.2. The minimum Gasteiger partial charge on any atom is -0.458 e. The number of imidazole rings is 1. The first-order valence-electron chi connectivity index (χ1n) is 20.9. The highest BCUT2D eigenvalue weighted by Crippen LogP contribution is 2.28. The molecule has 12 nitrogen and oxygen atoms in total. The second-order valence-corrected chi connectivity index (χ2v) is 26.6. The minimum absolute atomic E-state index is 0.0246. The van der Waals surface area contributed by atoms with E-state index in [0.29, 0.717) is 11.5 Å². The summed E-state index contributed by atoms with van der Waals surface area (Å²) in [7, 11) is -3.20. The lowest BCUT2D eigenvalue weighted by Crippen LogP contribution is -2.36. The van der Waals surface area contributed by atoms with Crippen LogP contribution in [0.1, 0.15) is 55.4 Å². The van der Waals surface area contributed by atoms with Crippen LogP contribution in [0.25, 0.3) is 11.4 Å². The maximum Gasteiger partial charge on any atom is 0.513 e. The van der Waals surface area contributed by atoms with Gasteiger partial charge in [-0.3, -0.25) is 14.6 Å². The van der Waals surface area contributed by atoms with Gasteiger partial charge in [-0.05, 0) is 41.1 Å². The Balaban J connectivity index is 0.892. The molecule has 0 aliphatic carbocycles. The number of carbonyl (C=O) groups excluding carboxylic acids is 2. The Morgan fingerprint density at radius 2 is 1.29 bits per heavy atom. The number of esters is 1. The van der Waals surface area contributed by atoms with Crippen molar-refractivity contribution < 1.29 is 28.4 Å². The topological polar surface area (TPSA) is 126 Å². The number of hydrogen-bond donors (Lipinski definition) is 0. The van der Waals surface area contributed by atoms with Gasteiger partial charge in [-0.2, -0.15) is 4.57 Å². The average molecular weight is 871 g/mol. The van der Waals surface area contributed by atoms with Gasteiger partial charge >= 0.3 is 12.1 Å². The monoisotopic (exact) mass is 870 g/mol.